The van der Waals surface area contributed by atoms with Crippen molar-refractivity contribution in [3.05, 3.63) is 33.6 Å². The number of H-pyrrole nitrogens is 1. The first-order chi connectivity index (χ1) is 9.79. The van der Waals surface area contributed by atoms with Crippen LogP contribution in [0, 0.1) is 11.3 Å². The smallest absolute Gasteiger partial charge is 0.105 e. The van der Waals surface area contributed by atoms with Crippen LogP contribution in [-0.4, -0.2) is 10.2 Å². The zero-order chi connectivity index (χ0) is 13.7. The molecule has 0 unspecified atom stereocenters. The normalized spacial score (nSPS) is 12.8. The van der Waals surface area contributed by atoms with E-state index in [0.717, 1.165) is 45.8 Å². The number of aryl methyl sites for hydroxylation is 1. The second-order valence-corrected chi connectivity index (χ2v) is 6.53. The van der Waals surface area contributed by atoms with Crippen LogP contribution in [-0.2, 0) is 12.8 Å². The summed E-state index contributed by atoms with van der Waals surface area (Å²) in [5.41, 5.74) is 12.1. The topological polar surface area (TPSA) is 78.5 Å². The molecule has 0 bridgehead atoms. The SMILES string of the molecule is N#Cc1c(N)sc2c1CCc1[nH]nc(-c3ccsc3)c1-2. The van der Waals surface area contributed by atoms with E-state index in [9.17, 15) is 5.26 Å². The van der Waals surface area contributed by atoms with Gasteiger partial charge in [0.25, 0.3) is 0 Å². The van der Waals surface area contributed by atoms with Crippen LogP contribution >= 0.6 is 22.7 Å². The number of aromatic amines is 1. The lowest BCUT2D eigenvalue weighted by Crippen LogP contribution is -2.02. The highest BCUT2D eigenvalue weighted by Crippen LogP contribution is 2.46. The number of rotatable bonds is 1. The molecule has 0 aliphatic heterocycles. The van der Waals surface area contributed by atoms with Crippen molar-refractivity contribution in [3.8, 4) is 27.8 Å². The lowest BCUT2D eigenvalue weighted by molar-refractivity contribution is 0.885. The Balaban J connectivity index is 2.00. The Hall–Kier alpha value is -2.10. The number of thiophene rings is 2. The molecule has 1 aliphatic rings. The fraction of sp³-hybridized carbons (Fsp3) is 0.143. The summed E-state index contributed by atoms with van der Waals surface area (Å²) >= 11 is 3.15. The molecule has 0 spiro atoms. The Morgan fingerprint density at radius 2 is 2.30 bits per heavy atom. The van der Waals surface area contributed by atoms with Crippen molar-refractivity contribution >= 4 is 27.7 Å². The predicted octanol–water partition coefficient (Wildman–Crippen LogP) is 3.42. The third-order valence-electron chi connectivity index (χ3n) is 3.63. The monoisotopic (exact) mass is 298 g/mol. The Morgan fingerprint density at radius 1 is 1.40 bits per heavy atom. The quantitative estimate of drug-likeness (QED) is 0.722. The second kappa shape index (κ2) is 4.20. The first-order valence-corrected chi connectivity index (χ1v) is 7.97. The summed E-state index contributed by atoms with van der Waals surface area (Å²) in [4.78, 5) is 1.11. The number of nitrogens with one attached hydrogen (secondary N) is 1. The van der Waals surface area contributed by atoms with Crippen molar-refractivity contribution in [2.75, 3.05) is 5.73 Å². The number of anilines is 1. The molecule has 6 heteroatoms. The van der Waals surface area contributed by atoms with E-state index in [1.165, 1.54) is 11.3 Å². The van der Waals surface area contributed by atoms with Gasteiger partial charge in [-0.25, -0.2) is 0 Å². The molecule has 4 nitrogen and oxygen atoms in total. The van der Waals surface area contributed by atoms with Crippen molar-refractivity contribution in [2.45, 2.75) is 12.8 Å². The van der Waals surface area contributed by atoms with E-state index < -0.39 is 0 Å². The number of fused-ring (bicyclic) bond motifs is 3. The maximum atomic E-state index is 9.27. The standard InChI is InChI=1S/C14H10N4S2/c15-5-9-8-1-2-10-11(13(8)20-14(9)16)12(18-17-10)7-3-4-19-6-7/h3-4,6H,1-2,16H2,(H,17,18). The largest absolute Gasteiger partial charge is 0.389 e. The Bertz CT molecular complexity index is 834. The zero-order valence-electron chi connectivity index (χ0n) is 10.4. The van der Waals surface area contributed by atoms with Gasteiger partial charge < -0.3 is 5.73 Å². The fourth-order valence-corrected chi connectivity index (χ4v) is 4.49. The van der Waals surface area contributed by atoms with Crippen molar-refractivity contribution in [1.29, 1.82) is 5.26 Å². The fourth-order valence-electron chi connectivity index (χ4n) is 2.71. The van der Waals surface area contributed by atoms with Crippen LogP contribution in [0.1, 0.15) is 16.8 Å². The van der Waals surface area contributed by atoms with Gasteiger partial charge in [-0.3, -0.25) is 5.10 Å². The molecule has 3 aromatic rings. The molecule has 4 rings (SSSR count). The molecular formula is C14H10N4S2. The summed E-state index contributed by atoms with van der Waals surface area (Å²) in [5.74, 6) is 0. The van der Waals surface area contributed by atoms with Gasteiger partial charge in [0.2, 0.25) is 0 Å². The third-order valence-corrected chi connectivity index (χ3v) is 5.40. The molecule has 3 heterocycles. The summed E-state index contributed by atoms with van der Waals surface area (Å²) < 4.78 is 0. The number of hydrogen-bond donors (Lipinski definition) is 2. The molecular weight excluding hydrogens is 288 g/mol. The predicted molar refractivity (Wildman–Crippen MR) is 81.7 cm³/mol. The van der Waals surface area contributed by atoms with Crippen LogP contribution in [0.25, 0.3) is 21.7 Å². The summed E-state index contributed by atoms with van der Waals surface area (Å²) in [6, 6.07) is 4.30. The maximum absolute atomic E-state index is 9.27. The average Bonchev–Trinajstić information content (AvgIpc) is 3.14. The highest BCUT2D eigenvalue weighted by Gasteiger charge is 2.28. The number of hydrogen-bond acceptors (Lipinski definition) is 5. The summed E-state index contributed by atoms with van der Waals surface area (Å²) in [5, 5.41) is 21.6. The minimum atomic E-state index is 0.614. The van der Waals surface area contributed by atoms with Crippen LogP contribution in [0.15, 0.2) is 16.8 Å². The number of nitrogen functional groups attached to an aromatic ring is 1. The van der Waals surface area contributed by atoms with E-state index in [1.54, 1.807) is 11.3 Å². The van der Waals surface area contributed by atoms with Crippen LogP contribution in [0.4, 0.5) is 5.00 Å². The van der Waals surface area contributed by atoms with E-state index in [4.69, 9.17) is 5.73 Å². The van der Waals surface area contributed by atoms with E-state index in [-0.39, 0.29) is 0 Å². The van der Waals surface area contributed by atoms with Crippen LogP contribution in [0.5, 0.6) is 0 Å². The van der Waals surface area contributed by atoms with Gasteiger partial charge in [0.1, 0.15) is 16.8 Å². The van der Waals surface area contributed by atoms with E-state index in [2.05, 4.69) is 27.7 Å². The van der Waals surface area contributed by atoms with Crippen molar-refractivity contribution in [3.63, 3.8) is 0 Å². The molecule has 0 amide bonds. The first kappa shape index (κ1) is 11.7. The molecule has 0 fully saturated rings. The van der Waals surface area contributed by atoms with Crippen molar-refractivity contribution in [1.82, 2.24) is 10.2 Å². The minimum Gasteiger partial charge on any atom is -0.389 e. The van der Waals surface area contributed by atoms with Gasteiger partial charge in [-0.2, -0.15) is 21.7 Å². The number of aromatic nitrogens is 2. The molecule has 0 saturated carbocycles. The van der Waals surface area contributed by atoms with Gasteiger partial charge in [-0.1, -0.05) is 0 Å². The summed E-state index contributed by atoms with van der Waals surface area (Å²) in [6.07, 6.45) is 1.73. The Morgan fingerprint density at radius 3 is 3.05 bits per heavy atom. The highest BCUT2D eigenvalue weighted by atomic mass is 32.1. The molecule has 3 N–H and O–H groups in total. The van der Waals surface area contributed by atoms with Gasteiger partial charge in [0.05, 0.1) is 5.56 Å². The van der Waals surface area contributed by atoms with Gasteiger partial charge in [0, 0.05) is 27.1 Å². The van der Waals surface area contributed by atoms with Gasteiger partial charge in [-0.15, -0.1) is 11.3 Å². The Labute approximate surface area is 123 Å². The number of nitrogens with two attached hydrogens (primary N) is 1. The molecule has 0 saturated heterocycles. The van der Waals surface area contributed by atoms with E-state index in [1.807, 2.05) is 5.38 Å². The second-order valence-electron chi connectivity index (χ2n) is 4.70. The van der Waals surface area contributed by atoms with Gasteiger partial charge in [0.15, 0.2) is 0 Å². The third kappa shape index (κ3) is 1.48. The van der Waals surface area contributed by atoms with Crippen LogP contribution in [0.3, 0.4) is 0 Å². The molecule has 3 aromatic heterocycles. The maximum Gasteiger partial charge on any atom is 0.105 e. The average molecular weight is 298 g/mol. The van der Waals surface area contributed by atoms with Gasteiger partial charge >= 0.3 is 0 Å². The lowest BCUT2D eigenvalue weighted by atomic mass is 9.92. The number of nitrogens with zero attached hydrogens (tertiary/aromatic N) is 2. The summed E-state index contributed by atoms with van der Waals surface area (Å²) in [6.45, 7) is 0. The van der Waals surface area contributed by atoms with Gasteiger partial charge in [-0.05, 0) is 29.9 Å². The molecule has 0 atom stereocenters. The first-order valence-electron chi connectivity index (χ1n) is 6.21. The highest BCUT2D eigenvalue weighted by molar-refractivity contribution is 7.19. The van der Waals surface area contributed by atoms with Crippen molar-refractivity contribution in [2.24, 2.45) is 0 Å². The van der Waals surface area contributed by atoms with Crippen LogP contribution < -0.4 is 5.73 Å². The van der Waals surface area contributed by atoms with Crippen LogP contribution in [0.2, 0.25) is 0 Å². The minimum absolute atomic E-state index is 0.614. The van der Waals surface area contributed by atoms with Crippen molar-refractivity contribution < 1.29 is 0 Å². The molecule has 0 radical (unpaired) electrons. The molecule has 0 aromatic carbocycles. The molecule has 1 aliphatic carbocycles. The van der Waals surface area contributed by atoms with E-state index in [0.29, 0.717) is 10.6 Å². The molecule has 20 heavy (non-hydrogen) atoms. The van der Waals surface area contributed by atoms with E-state index >= 15 is 0 Å². The zero-order valence-corrected chi connectivity index (χ0v) is 12.1. The summed E-state index contributed by atoms with van der Waals surface area (Å²) in [7, 11) is 0. The number of nitriles is 1. The lowest BCUT2D eigenvalue weighted by Gasteiger charge is -2.12. The molecule has 98 valence electrons. The Kier molecular flexibility index (Phi) is 2.46.